The van der Waals surface area contributed by atoms with Crippen molar-refractivity contribution in [2.75, 3.05) is 11.4 Å². The van der Waals surface area contributed by atoms with Gasteiger partial charge in [0, 0.05) is 31.2 Å². The smallest absolute Gasteiger partial charge is 0.387 e. The number of hydrogen-bond acceptors (Lipinski definition) is 3. The maximum Gasteiger partial charge on any atom is 0.387 e. The first-order valence-electron chi connectivity index (χ1n) is 6.74. The summed E-state index contributed by atoms with van der Waals surface area (Å²) in [6.45, 7) is -1.83. The normalized spacial score (nSPS) is 19.1. The number of nitrogens with one attached hydrogen (secondary N) is 1. The molecule has 1 saturated carbocycles. The van der Waals surface area contributed by atoms with Crippen LogP contribution in [0.25, 0.3) is 0 Å². The minimum Gasteiger partial charge on any atom is -0.435 e. The maximum absolute atomic E-state index is 12.3. The average molecular weight is 282 g/mol. The Hall–Kier alpha value is -1.85. The van der Waals surface area contributed by atoms with E-state index in [1.54, 1.807) is 12.1 Å². The summed E-state index contributed by atoms with van der Waals surface area (Å²) in [5.74, 6) is 0.116. The van der Waals surface area contributed by atoms with E-state index in [1.165, 1.54) is 0 Å². The van der Waals surface area contributed by atoms with Crippen LogP contribution in [0.3, 0.4) is 0 Å². The third-order valence-electron chi connectivity index (χ3n) is 3.63. The van der Waals surface area contributed by atoms with Crippen LogP contribution in [-0.4, -0.2) is 25.1 Å². The van der Waals surface area contributed by atoms with Gasteiger partial charge < -0.3 is 15.0 Å². The molecule has 0 bridgehead atoms. The minimum absolute atomic E-state index is 0.0125. The lowest BCUT2D eigenvalue weighted by Gasteiger charge is -2.29. The van der Waals surface area contributed by atoms with Crippen molar-refractivity contribution in [2.45, 2.75) is 38.5 Å². The number of amides is 1. The van der Waals surface area contributed by atoms with Crippen LogP contribution >= 0.6 is 0 Å². The van der Waals surface area contributed by atoms with Crippen molar-refractivity contribution in [3.05, 3.63) is 23.8 Å². The SMILES string of the molecule is O=C1CCN(C2CC2)c2ccc(OC(F)F)cc2CN1. The second kappa shape index (κ2) is 5.26. The van der Waals surface area contributed by atoms with Crippen molar-refractivity contribution in [3.63, 3.8) is 0 Å². The number of rotatable bonds is 3. The highest BCUT2D eigenvalue weighted by atomic mass is 19.3. The van der Waals surface area contributed by atoms with Crippen LogP contribution < -0.4 is 15.0 Å². The van der Waals surface area contributed by atoms with Crippen molar-refractivity contribution < 1.29 is 18.3 Å². The van der Waals surface area contributed by atoms with Gasteiger partial charge in [-0.1, -0.05) is 0 Å². The van der Waals surface area contributed by atoms with Crippen LogP contribution in [0.5, 0.6) is 5.75 Å². The first-order valence-corrected chi connectivity index (χ1v) is 6.74. The molecular weight excluding hydrogens is 266 g/mol. The molecule has 0 spiro atoms. The Morgan fingerprint density at radius 3 is 2.85 bits per heavy atom. The summed E-state index contributed by atoms with van der Waals surface area (Å²) >= 11 is 0. The predicted molar refractivity (Wildman–Crippen MR) is 69.9 cm³/mol. The number of carbonyl (C=O) groups excluding carboxylic acids is 1. The molecule has 0 atom stereocenters. The van der Waals surface area contributed by atoms with E-state index in [0.29, 0.717) is 25.6 Å². The molecule has 1 aliphatic carbocycles. The van der Waals surface area contributed by atoms with Gasteiger partial charge in [0.1, 0.15) is 5.75 Å². The van der Waals surface area contributed by atoms with Gasteiger partial charge in [0.2, 0.25) is 5.91 Å². The molecule has 0 saturated heterocycles. The van der Waals surface area contributed by atoms with Crippen LogP contribution in [-0.2, 0) is 11.3 Å². The van der Waals surface area contributed by atoms with Crippen molar-refractivity contribution in [1.82, 2.24) is 5.32 Å². The first kappa shape index (κ1) is 13.1. The number of carbonyl (C=O) groups is 1. The Morgan fingerprint density at radius 1 is 1.35 bits per heavy atom. The number of anilines is 1. The second-order valence-corrected chi connectivity index (χ2v) is 5.12. The van der Waals surface area contributed by atoms with Crippen LogP contribution in [0.1, 0.15) is 24.8 Å². The number of hydrogen-bond donors (Lipinski definition) is 1. The summed E-state index contributed by atoms with van der Waals surface area (Å²) in [5.41, 5.74) is 1.83. The fourth-order valence-electron chi connectivity index (χ4n) is 2.55. The average Bonchev–Trinajstić information content (AvgIpc) is 3.20. The summed E-state index contributed by atoms with van der Waals surface area (Å²) in [4.78, 5) is 13.8. The zero-order valence-electron chi connectivity index (χ0n) is 10.9. The van der Waals surface area contributed by atoms with Gasteiger partial charge in [-0.2, -0.15) is 8.78 Å². The van der Waals surface area contributed by atoms with E-state index in [9.17, 15) is 13.6 Å². The largest absolute Gasteiger partial charge is 0.435 e. The van der Waals surface area contributed by atoms with Gasteiger partial charge >= 0.3 is 6.61 Å². The molecule has 2 aliphatic rings. The van der Waals surface area contributed by atoms with E-state index < -0.39 is 6.61 Å². The Labute approximate surface area is 115 Å². The molecule has 1 N–H and O–H groups in total. The number of nitrogens with zero attached hydrogens (tertiary/aromatic N) is 1. The quantitative estimate of drug-likeness (QED) is 0.924. The Balaban J connectivity index is 1.91. The molecule has 1 aromatic rings. The second-order valence-electron chi connectivity index (χ2n) is 5.12. The van der Waals surface area contributed by atoms with Crippen molar-refractivity contribution in [2.24, 2.45) is 0 Å². The molecule has 108 valence electrons. The monoisotopic (exact) mass is 282 g/mol. The van der Waals surface area contributed by atoms with E-state index in [1.807, 2.05) is 6.07 Å². The van der Waals surface area contributed by atoms with E-state index >= 15 is 0 Å². The lowest BCUT2D eigenvalue weighted by atomic mass is 10.1. The molecule has 1 aliphatic heterocycles. The molecule has 0 radical (unpaired) electrons. The zero-order chi connectivity index (χ0) is 14.1. The van der Waals surface area contributed by atoms with Gasteiger partial charge in [0.05, 0.1) is 0 Å². The number of ether oxygens (including phenoxy) is 1. The zero-order valence-corrected chi connectivity index (χ0v) is 10.9. The lowest BCUT2D eigenvalue weighted by Crippen LogP contribution is -2.36. The maximum atomic E-state index is 12.3. The molecular formula is C14H16F2N2O2. The fourth-order valence-corrected chi connectivity index (χ4v) is 2.55. The highest BCUT2D eigenvalue weighted by Crippen LogP contribution is 2.36. The topological polar surface area (TPSA) is 41.6 Å². The third kappa shape index (κ3) is 2.84. The molecule has 0 aromatic heterocycles. The summed E-state index contributed by atoms with van der Waals surface area (Å²) in [6.07, 6.45) is 2.71. The lowest BCUT2D eigenvalue weighted by molar-refractivity contribution is -0.121. The molecule has 6 heteroatoms. The van der Waals surface area contributed by atoms with E-state index in [2.05, 4.69) is 15.0 Å². The van der Waals surface area contributed by atoms with Crippen molar-refractivity contribution in [1.29, 1.82) is 0 Å². The highest BCUT2D eigenvalue weighted by Gasteiger charge is 2.31. The molecule has 0 unspecified atom stereocenters. The summed E-state index contributed by atoms with van der Waals surface area (Å²) < 4.78 is 29.0. The van der Waals surface area contributed by atoms with Gasteiger partial charge in [-0.05, 0) is 36.6 Å². The van der Waals surface area contributed by atoms with Crippen molar-refractivity contribution >= 4 is 11.6 Å². The molecule has 4 nitrogen and oxygen atoms in total. The van der Waals surface area contributed by atoms with E-state index in [-0.39, 0.29) is 11.7 Å². The van der Waals surface area contributed by atoms with Gasteiger partial charge in [-0.3, -0.25) is 4.79 Å². The third-order valence-corrected chi connectivity index (χ3v) is 3.63. The summed E-state index contributed by atoms with van der Waals surface area (Å²) in [7, 11) is 0. The highest BCUT2D eigenvalue weighted by molar-refractivity contribution is 5.78. The Morgan fingerprint density at radius 2 is 2.15 bits per heavy atom. The molecule has 1 fully saturated rings. The minimum atomic E-state index is -2.84. The summed E-state index contributed by atoms with van der Waals surface area (Å²) in [6, 6.07) is 5.43. The fraction of sp³-hybridized carbons (Fsp3) is 0.500. The molecule has 1 heterocycles. The number of fused-ring (bicyclic) bond motifs is 1. The van der Waals surface area contributed by atoms with Crippen LogP contribution in [0, 0.1) is 0 Å². The van der Waals surface area contributed by atoms with Crippen LogP contribution in [0.4, 0.5) is 14.5 Å². The number of benzene rings is 1. The number of halogens is 2. The molecule has 20 heavy (non-hydrogen) atoms. The van der Waals surface area contributed by atoms with Crippen molar-refractivity contribution in [3.8, 4) is 5.75 Å². The Kier molecular flexibility index (Phi) is 3.46. The van der Waals surface area contributed by atoms with Crippen LogP contribution in [0.2, 0.25) is 0 Å². The molecule has 3 rings (SSSR count). The van der Waals surface area contributed by atoms with E-state index in [4.69, 9.17) is 0 Å². The number of alkyl halides is 2. The molecule has 1 aromatic carbocycles. The summed E-state index contributed by atoms with van der Waals surface area (Å²) in [5, 5.41) is 2.79. The van der Waals surface area contributed by atoms with Gasteiger partial charge in [-0.25, -0.2) is 0 Å². The Bertz CT molecular complexity index is 518. The molecule has 1 amide bonds. The van der Waals surface area contributed by atoms with Gasteiger partial charge in [0.15, 0.2) is 0 Å². The standard InChI is InChI=1S/C14H16F2N2O2/c15-14(16)20-11-3-4-12-9(7-11)8-17-13(19)5-6-18(12)10-1-2-10/h3-4,7,10,14H,1-2,5-6,8H2,(H,17,19). The van der Waals surface area contributed by atoms with E-state index in [0.717, 1.165) is 24.1 Å². The van der Waals surface area contributed by atoms with Gasteiger partial charge in [-0.15, -0.1) is 0 Å². The first-order chi connectivity index (χ1) is 9.63. The van der Waals surface area contributed by atoms with Crippen LogP contribution in [0.15, 0.2) is 18.2 Å². The predicted octanol–water partition coefficient (Wildman–Crippen LogP) is 2.28. The van der Waals surface area contributed by atoms with Gasteiger partial charge in [0.25, 0.3) is 0 Å².